The van der Waals surface area contributed by atoms with Crippen LogP contribution >= 0.6 is 0 Å². The Kier molecular flexibility index (Phi) is 5.84. The Bertz CT molecular complexity index is 1210. The number of amides is 2. The van der Waals surface area contributed by atoms with Crippen LogP contribution in [0.5, 0.6) is 5.75 Å². The summed E-state index contributed by atoms with van der Waals surface area (Å²) in [6.07, 6.45) is 4.29. The van der Waals surface area contributed by atoms with Crippen LogP contribution in [0.2, 0.25) is 0 Å². The number of nitrogens with zero attached hydrogens (tertiary/aromatic N) is 2. The Labute approximate surface area is 200 Å². The molecule has 0 bridgehead atoms. The third-order valence-electron chi connectivity index (χ3n) is 7.64. The van der Waals surface area contributed by atoms with Crippen molar-refractivity contribution in [1.29, 1.82) is 0 Å². The fourth-order valence-electron chi connectivity index (χ4n) is 5.52. The van der Waals surface area contributed by atoms with Gasteiger partial charge in [0.15, 0.2) is 0 Å². The molecule has 2 aromatic carbocycles. The molecule has 1 saturated carbocycles. The van der Waals surface area contributed by atoms with Crippen LogP contribution in [0.25, 0.3) is 10.9 Å². The van der Waals surface area contributed by atoms with E-state index in [1.807, 2.05) is 54.0 Å². The lowest BCUT2D eigenvalue weighted by Gasteiger charge is -2.45. The predicted octanol–water partition coefficient (Wildman–Crippen LogP) is 4.73. The van der Waals surface area contributed by atoms with Crippen molar-refractivity contribution >= 4 is 22.7 Å². The molecule has 6 heteroatoms. The minimum absolute atomic E-state index is 0.0663. The Morgan fingerprint density at radius 3 is 2.59 bits per heavy atom. The molecule has 0 unspecified atom stereocenters. The highest BCUT2D eigenvalue weighted by molar-refractivity contribution is 6.03. The molecule has 2 heterocycles. The predicted molar refractivity (Wildman–Crippen MR) is 133 cm³/mol. The fourth-order valence-corrected chi connectivity index (χ4v) is 5.52. The zero-order chi connectivity index (χ0) is 23.9. The maximum atomic E-state index is 14.0. The van der Waals surface area contributed by atoms with E-state index >= 15 is 0 Å². The van der Waals surface area contributed by atoms with Crippen LogP contribution in [0.3, 0.4) is 0 Å². The molecule has 178 valence electrons. The number of carbonyl (C=O) groups excluding carboxylic acids is 2. The van der Waals surface area contributed by atoms with Crippen LogP contribution in [-0.2, 0) is 11.3 Å². The Morgan fingerprint density at radius 2 is 1.88 bits per heavy atom. The van der Waals surface area contributed by atoms with Crippen molar-refractivity contribution in [1.82, 2.24) is 14.8 Å². The quantitative estimate of drug-likeness (QED) is 0.580. The topological polar surface area (TPSA) is 63.6 Å². The van der Waals surface area contributed by atoms with Gasteiger partial charge in [-0.25, -0.2) is 0 Å². The first-order chi connectivity index (χ1) is 16.4. The Hall–Kier alpha value is -3.28. The van der Waals surface area contributed by atoms with Crippen molar-refractivity contribution in [3.05, 3.63) is 65.9 Å². The smallest absolute Gasteiger partial charge is 0.271 e. The normalized spacial score (nSPS) is 21.5. The van der Waals surface area contributed by atoms with E-state index in [1.165, 1.54) is 0 Å². The van der Waals surface area contributed by atoms with Crippen molar-refractivity contribution in [3.63, 3.8) is 0 Å². The average molecular weight is 460 g/mol. The van der Waals surface area contributed by atoms with Gasteiger partial charge in [-0.15, -0.1) is 0 Å². The number of aromatic nitrogens is 1. The van der Waals surface area contributed by atoms with Crippen LogP contribution in [-0.4, -0.2) is 46.5 Å². The molecule has 5 rings (SSSR count). The molecule has 0 spiro atoms. The summed E-state index contributed by atoms with van der Waals surface area (Å²) in [5.74, 6) is 0.662. The molecule has 1 aromatic heterocycles. The van der Waals surface area contributed by atoms with Crippen LogP contribution < -0.4 is 10.1 Å². The van der Waals surface area contributed by atoms with Crippen molar-refractivity contribution in [2.24, 2.45) is 0 Å². The minimum Gasteiger partial charge on any atom is -0.497 e. The first kappa shape index (κ1) is 22.5. The lowest BCUT2D eigenvalue weighted by Crippen LogP contribution is -2.65. The number of nitrogens with one attached hydrogen (secondary N) is 1. The third-order valence-corrected chi connectivity index (χ3v) is 7.64. The Morgan fingerprint density at radius 1 is 1.15 bits per heavy atom. The molecular weight excluding hydrogens is 426 g/mol. The van der Waals surface area contributed by atoms with E-state index in [2.05, 4.69) is 24.4 Å². The van der Waals surface area contributed by atoms with Gasteiger partial charge >= 0.3 is 0 Å². The second-order valence-electron chi connectivity index (χ2n) is 10.00. The van der Waals surface area contributed by atoms with Gasteiger partial charge in [0.05, 0.1) is 19.2 Å². The van der Waals surface area contributed by atoms with Gasteiger partial charge in [-0.1, -0.05) is 50.1 Å². The summed E-state index contributed by atoms with van der Waals surface area (Å²) in [5, 5.41) is 4.25. The lowest BCUT2D eigenvalue weighted by atomic mass is 9.91. The number of ether oxygens (including phenoxy) is 1. The summed E-state index contributed by atoms with van der Waals surface area (Å²) in [4.78, 5) is 29.6. The lowest BCUT2D eigenvalue weighted by molar-refractivity contribution is -0.133. The molecule has 0 saturated heterocycles. The van der Waals surface area contributed by atoms with E-state index in [0.717, 1.165) is 47.9 Å². The molecule has 1 aliphatic carbocycles. The average Bonchev–Trinajstić information content (AvgIpc) is 3.49. The number of rotatable bonds is 6. The second-order valence-corrected chi connectivity index (χ2v) is 10.00. The van der Waals surface area contributed by atoms with Crippen LogP contribution in [0.15, 0.2) is 54.6 Å². The summed E-state index contributed by atoms with van der Waals surface area (Å²) in [6, 6.07) is 18.1. The third kappa shape index (κ3) is 3.85. The van der Waals surface area contributed by atoms with Gasteiger partial charge in [-0.05, 0) is 49.4 Å². The molecule has 2 atom stereocenters. The number of fused-ring (bicyclic) bond motifs is 3. The highest BCUT2D eigenvalue weighted by atomic mass is 16.5. The number of benzene rings is 2. The summed E-state index contributed by atoms with van der Waals surface area (Å²) < 4.78 is 7.43. The standard InChI is InChI=1S/C28H33N3O3/c1-19(20-9-5-4-6-10-20)17-31-26(32)25-15-21-13-14-23(34-3)16-24(21)30(25)18-28(31,2)27(33)29-22-11-7-8-12-22/h4-6,9-10,13-16,19,22H,7-8,11-12,17-18H2,1-3H3,(H,29,33)/t19-,28+/m0/s1. The zero-order valence-corrected chi connectivity index (χ0v) is 20.2. The van der Waals surface area contributed by atoms with Crippen molar-refractivity contribution in [2.45, 2.75) is 63.6 Å². The van der Waals surface area contributed by atoms with E-state index in [-0.39, 0.29) is 23.8 Å². The van der Waals surface area contributed by atoms with E-state index in [0.29, 0.717) is 18.8 Å². The van der Waals surface area contributed by atoms with E-state index in [9.17, 15) is 9.59 Å². The molecule has 2 amide bonds. The maximum Gasteiger partial charge on any atom is 0.271 e. The van der Waals surface area contributed by atoms with Crippen molar-refractivity contribution in [2.75, 3.05) is 13.7 Å². The van der Waals surface area contributed by atoms with Crippen LogP contribution in [0.1, 0.15) is 61.5 Å². The van der Waals surface area contributed by atoms with Crippen molar-refractivity contribution in [3.8, 4) is 5.75 Å². The highest BCUT2D eigenvalue weighted by Gasteiger charge is 2.48. The van der Waals surface area contributed by atoms with Gasteiger partial charge in [-0.3, -0.25) is 9.59 Å². The molecule has 6 nitrogen and oxygen atoms in total. The van der Waals surface area contributed by atoms with Gasteiger partial charge in [0.1, 0.15) is 17.0 Å². The second kappa shape index (κ2) is 8.82. The molecule has 1 aliphatic heterocycles. The summed E-state index contributed by atoms with van der Waals surface area (Å²) in [7, 11) is 1.64. The highest BCUT2D eigenvalue weighted by Crippen LogP contribution is 2.35. The molecule has 34 heavy (non-hydrogen) atoms. The fraction of sp³-hybridized carbons (Fsp3) is 0.429. The molecule has 2 aliphatic rings. The minimum atomic E-state index is -0.995. The number of methoxy groups -OCH3 is 1. The van der Waals surface area contributed by atoms with Gasteiger partial charge in [0.2, 0.25) is 5.91 Å². The number of carbonyl (C=O) groups is 2. The van der Waals surface area contributed by atoms with E-state index < -0.39 is 5.54 Å². The Balaban J connectivity index is 1.55. The van der Waals surface area contributed by atoms with Gasteiger partial charge in [0, 0.05) is 24.0 Å². The van der Waals surface area contributed by atoms with Crippen LogP contribution in [0, 0.1) is 0 Å². The van der Waals surface area contributed by atoms with Crippen molar-refractivity contribution < 1.29 is 14.3 Å². The maximum absolute atomic E-state index is 14.0. The monoisotopic (exact) mass is 459 g/mol. The van der Waals surface area contributed by atoms with Crippen LogP contribution in [0.4, 0.5) is 0 Å². The van der Waals surface area contributed by atoms with Gasteiger partial charge in [-0.2, -0.15) is 0 Å². The summed E-state index contributed by atoms with van der Waals surface area (Å²) >= 11 is 0. The van der Waals surface area contributed by atoms with E-state index in [1.54, 1.807) is 12.0 Å². The van der Waals surface area contributed by atoms with E-state index in [4.69, 9.17) is 4.74 Å². The number of hydrogen-bond donors (Lipinski definition) is 1. The molecule has 0 radical (unpaired) electrons. The number of hydrogen-bond acceptors (Lipinski definition) is 3. The molecule has 1 N–H and O–H groups in total. The van der Waals surface area contributed by atoms with Gasteiger partial charge in [0.25, 0.3) is 5.91 Å². The SMILES string of the molecule is COc1ccc2cc3n(c2c1)C[C@](C)(C(=O)NC1CCCC1)N(C[C@H](C)c1ccccc1)C3=O. The largest absolute Gasteiger partial charge is 0.497 e. The summed E-state index contributed by atoms with van der Waals surface area (Å²) in [6.45, 7) is 4.92. The molecule has 3 aromatic rings. The first-order valence-corrected chi connectivity index (χ1v) is 12.3. The molecule has 1 fully saturated rings. The summed E-state index contributed by atoms with van der Waals surface area (Å²) in [5.41, 5.74) is 1.70. The molecular formula is C28H33N3O3. The zero-order valence-electron chi connectivity index (χ0n) is 20.2. The van der Waals surface area contributed by atoms with Gasteiger partial charge < -0.3 is 19.5 Å². The first-order valence-electron chi connectivity index (χ1n) is 12.3.